The molecule has 0 radical (unpaired) electrons. The van der Waals surface area contributed by atoms with E-state index >= 15 is 0 Å². The molecular formula is C18H25N3O2. The van der Waals surface area contributed by atoms with Crippen LogP contribution in [-0.2, 0) is 6.42 Å². The summed E-state index contributed by atoms with van der Waals surface area (Å²) < 4.78 is 0. The minimum absolute atomic E-state index is 0.0593. The highest BCUT2D eigenvalue weighted by Gasteiger charge is 2.34. The second-order valence-electron chi connectivity index (χ2n) is 7.19. The van der Waals surface area contributed by atoms with Crippen LogP contribution in [0.15, 0.2) is 0 Å². The number of amides is 1. The molecule has 23 heavy (non-hydrogen) atoms. The highest BCUT2D eigenvalue weighted by molar-refractivity contribution is 6.10. The molecule has 4 rings (SSSR count). The molecule has 1 atom stereocenters. The molecular weight excluding hydrogens is 290 g/mol. The third-order valence-corrected chi connectivity index (χ3v) is 5.68. The van der Waals surface area contributed by atoms with Gasteiger partial charge in [0.15, 0.2) is 5.78 Å². The van der Waals surface area contributed by atoms with Crippen molar-refractivity contribution in [1.29, 1.82) is 0 Å². The van der Waals surface area contributed by atoms with Gasteiger partial charge in [0, 0.05) is 43.5 Å². The first-order chi connectivity index (χ1) is 11.1. The number of fused-ring (bicyclic) bond motifs is 2. The first kappa shape index (κ1) is 14.9. The number of nitrogens with one attached hydrogen (secondary N) is 1. The molecule has 1 aliphatic carbocycles. The molecule has 0 bridgehead atoms. The van der Waals surface area contributed by atoms with Gasteiger partial charge in [0.25, 0.3) is 5.91 Å². The van der Waals surface area contributed by atoms with Gasteiger partial charge in [0.1, 0.15) is 0 Å². The Morgan fingerprint density at radius 3 is 2.83 bits per heavy atom. The Morgan fingerprint density at radius 1 is 1.13 bits per heavy atom. The number of carbonyl (C=O) groups excluding carboxylic acids is 2. The molecule has 5 nitrogen and oxygen atoms in total. The van der Waals surface area contributed by atoms with Gasteiger partial charge in [-0.05, 0) is 45.6 Å². The van der Waals surface area contributed by atoms with Crippen molar-refractivity contribution in [3.8, 4) is 0 Å². The average Bonchev–Trinajstić information content (AvgIpc) is 3.04. The molecule has 0 aromatic carbocycles. The van der Waals surface area contributed by atoms with E-state index in [0.717, 1.165) is 50.3 Å². The Hall–Kier alpha value is -1.62. The molecule has 5 heteroatoms. The molecule has 0 unspecified atom stereocenters. The van der Waals surface area contributed by atoms with Crippen LogP contribution >= 0.6 is 0 Å². The van der Waals surface area contributed by atoms with E-state index in [1.165, 1.54) is 19.4 Å². The van der Waals surface area contributed by atoms with Gasteiger partial charge in [-0.3, -0.25) is 14.5 Å². The maximum Gasteiger partial charge on any atom is 0.256 e. The number of aromatic nitrogens is 1. The van der Waals surface area contributed by atoms with Crippen molar-refractivity contribution in [1.82, 2.24) is 14.8 Å². The Balaban J connectivity index is 1.64. The second kappa shape index (κ2) is 5.78. The van der Waals surface area contributed by atoms with Gasteiger partial charge in [0.2, 0.25) is 0 Å². The number of nitrogens with zero attached hydrogens (tertiary/aromatic N) is 2. The molecule has 1 aromatic rings. The van der Waals surface area contributed by atoms with Gasteiger partial charge in [-0.1, -0.05) is 0 Å². The van der Waals surface area contributed by atoms with Crippen molar-refractivity contribution >= 4 is 11.7 Å². The topological polar surface area (TPSA) is 56.4 Å². The van der Waals surface area contributed by atoms with Crippen molar-refractivity contribution < 1.29 is 9.59 Å². The summed E-state index contributed by atoms with van der Waals surface area (Å²) in [5, 5.41) is 0. The standard InChI is InChI=1S/C18H25N3O2/c1-12-16(17-14(19-12)6-2-7-15(17)22)18(23)21-10-4-9-20-8-3-5-13(20)11-21/h13,19H,2-11H2,1H3/t13-/m0/s1. The van der Waals surface area contributed by atoms with Gasteiger partial charge in [-0.25, -0.2) is 0 Å². The molecule has 1 N–H and O–H groups in total. The van der Waals surface area contributed by atoms with Crippen molar-refractivity contribution in [3.63, 3.8) is 0 Å². The lowest BCUT2D eigenvalue weighted by Crippen LogP contribution is -2.40. The van der Waals surface area contributed by atoms with Gasteiger partial charge >= 0.3 is 0 Å². The summed E-state index contributed by atoms with van der Waals surface area (Å²) in [6.07, 6.45) is 5.80. The van der Waals surface area contributed by atoms with Gasteiger partial charge < -0.3 is 9.88 Å². The molecule has 3 heterocycles. The first-order valence-electron chi connectivity index (χ1n) is 8.93. The quantitative estimate of drug-likeness (QED) is 0.864. The monoisotopic (exact) mass is 315 g/mol. The zero-order valence-corrected chi connectivity index (χ0v) is 13.9. The first-order valence-corrected chi connectivity index (χ1v) is 8.93. The highest BCUT2D eigenvalue weighted by Crippen LogP contribution is 2.29. The number of rotatable bonds is 1. The van der Waals surface area contributed by atoms with Gasteiger partial charge in [-0.15, -0.1) is 0 Å². The predicted molar refractivity (Wildman–Crippen MR) is 87.9 cm³/mol. The number of H-pyrrole nitrogens is 1. The summed E-state index contributed by atoms with van der Waals surface area (Å²) in [7, 11) is 0. The molecule has 1 amide bonds. The number of ketones is 1. The third kappa shape index (κ3) is 2.51. The van der Waals surface area contributed by atoms with Crippen LogP contribution in [0.5, 0.6) is 0 Å². The Labute approximate surface area is 137 Å². The lowest BCUT2D eigenvalue weighted by atomic mass is 9.92. The molecule has 0 saturated carbocycles. The molecule has 2 saturated heterocycles. The van der Waals surface area contributed by atoms with Crippen LogP contribution in [0, 0.1) is 6.92 Å². The fourth-order valence-electron chi connectivity index (χ4n) is 4.55. The van der Waals surface area contributed by atoms with Crippen LogP contribution in [0.4, 0.5) is 0 Å². The van der Waals surface area contributed by atoms with Crippen molar-refractivity contribution in [2.75, 3.05) is 26.2 Å². The lowest BCUT2D eigenvalue weighted by molar-refractivity contribution is 0.0737. The SMILES string of the molecule is Cc1[nH]c2c(c1C(=O)N1CCCN3CCC[C@H]3C1)C(=O)CCC2. The van der Waals surface area contributed by atoms with Gasteiger partial charge in [0.05, 0.1) is 11.1 Å². The number of hydrogen-bond acceptors (Lipinski definition) is 3. The molecule has 2 aliphatic heterocycles. The van der Waals surface area contributed by atoms with E-state index in [1.54, 1.807) is 0 Å². The molecule has 3 aliphatic rings. The number of aromatic amines is 1. The van der Waals surface area contributed by atoms with E-state index in [0.29, 0.717) is 23.6 Å². The summed E-state index contributed by atoms with van der Waals surface area (Å²) in [6.45, 7) is 5.81. The van der Waals surface area contributed by atoms with Crippen molar-refractivity contribution in [2.45, 2.75) is 51.5 Å². The van der Waals surface area contributed by atoms with Crippen LogP contribution < -0.4 is 0 Å². The fourth-order valence-corrected chi connectivity index (χ4v) is 4.55. The summed E-state index contributed by atoms with van der Waals surface area (Å²) in [5.74, 6) is 0.195. The lowest BCUT2D eigenvalue weighted by Gasteiger charge is -2.26. The van der Waals surface area contributed by atoms with Crippen molar-refractivity contribution in [3.05, 3.63) is 22.5 Å². The third-order valence-electron chi connectivity index (χ3n) is 5.68. The molecule has 0 spiro atoms. The summed E-state index contributed by atoms with van der Waals surface area (Å²) in [6, 6.07) is 0.507. The van der Waals surface area contributed by atoms with E-state index in [1.807, 2.05) is 11.8 Å². The van der Waals surface area contributed by atoms with E-state index < -0.39 is 0 Å². The molecule has 124 valence electrons. The van der Waals surface area contributed by atoms with Gasteiger partial charge in [-0.2, -0.15) is 0 Å². The van der Waals surface area contributed by atoms with E-state index in [-0.39, 0.29) is 11.7 Å². The normalized spacial score (nSPS) is 25.2. The van der Waals surface area contributed by atoms with Crippen LogP contribution in [0.1, 0.15) is 64.2 Å². The average molecular weight is 315 g/mol. The number of carbonyl (C=O) groups is 2. The number of aryl methyl sites for hydroxylation is 2. The predicted octanol–water partition coefficient (Wildman–Crippen LogP) is 2.15. The van der Waals surface area contributed by atoms with E-state index in [2.05, 4.69) is 9.88 Å². The molecule has 2 fully saturated rings. The summed E-state index contributed by atoms with van der Waals surface area (Å²) in [4.78, 5) is 33.4. The second-order valence-corrected chi connectivity index (χ2v) is 7.19. The van der Waals surface area contributed by atoms with Crippen LogP contribution in [-0.4, -0.2) is 58.7 Å². The highest BCUT2D eigenvalue weighted by atomic mass is 16.2. The van der Waals surface area contributed by atoms with Crippen LogP contribution in [0.2, 0.25) is 0 Å². The largest absolute Gasteiger partial charge is 0.361 e. The minimum Gasteiger partial charge on any atom is -0.361 e. The summed E-state index contributed by atoms with van der Waals surface area (Å²) in [5.41, 5.74) is 3.17. The Kier molecular flexibility index (Phi) is 3.76. The van der Waals surface area contributed by atoms with Crippen LogP contribution in [0.25, 0.3) is 0 Å². The van der Waals surface area contributed by atoms with Crippen LogP contribution in [0.3, 0.4) is 0 Å². The zero-order chi connectivity index (χ0) is 16.0. The maximum atomic E-state index is 13.2. The van der Waals surface area contributed by atoms with Crippen molar-refractivity contribution in [2.24, 2.45) is 0 Å². The number of Topliss-reactive ketones (excluding diaryl/α,β-unsaturated/α-hetero) is 1. The Bertz CT molecular complexity index is 649. The maximum absolute atomic E-state index is 13.2. The summed E-state index contributed by atoms with van der Waals surface area (Å²) >= 11 is 0. The smallest absolute Gasteiger partial charge is 0.256 e. The Morgan fingerprint density at radius 2 is 1.96 bits per heavy atom. The fraction of sp³-hybridized carbons (Fsp3) is 0.667. The minimum atomic E-state index is 0.0593. The number of hydrogen-bond donors (Lipinski definition) is 1. The molecule has 1 aromatic heterocycles. The van der Waals surface area contributed by atoms with E-state index in [9.17, 15) is 9.59 Å². The van der Waals surface area contributed by atoms with E-state index in [4.69, 9.17) is 0 Å². The zero-order valence-electron chi connectivity index (χ0n) is 13.9.